The van der Waals surface area contributed by atoms with E-state index in [2.05, 4.69) is 10.3 Å². The van der Waals surface area contributed by atoms with Crippen LogP contribution in [0.5, 0.6) is 0 Å². The normalized spacial score (nSPS) is 11.0. The van der Waals surface area contributed by atoms with Crippen LogP contribution in [0.15, 0.2) is 29.3 Å². The van der Waals surface area contributed by atoms with Crippen LogP contribution in [0.1, 0.15) is 15.2 Å². The first-order chi connectivity index (χ1) is 10.9. The lowest BCUT2D eigenvalue weighted by molar-refractivity contribution is 0.103. The van der Waals surface area contributed by atoms with Crippen molar-refractivity contribution in [2.75, 3.05) is 5.32 Å². The molecule has 3 aromatic rings. The van der Waals surface area contributed by atoms with Gasteiger partial charge in [0, 0.05) is 7.05 Å². The van der Waals surface area contributed by atoms with Gasteiger partial charge in [-0.25, -0.2) is 4.98 Å². The maximum Gasteiger partial charge on any atom is 0.266 e. The summed E-state index contributed by atoms with van der Waals surface area (Å²) in [7, 11) is 1.62. The highest BCUT2D eigenvalue weighted by Crippen LogP contribution is 2.32. The van der Waals surface area contributed by atoms with Crippen molar-refractivity contribution >= 4 is 56.3 Å². The van der Waals surface area contributed by atoms with Crippen LogP contribution < -0.4 is 10.9 Å². The maximum absolute atomic E-state index is 12.6. The van der Waals surface area contributed by atoms with Gasteiger partial charge in [-0.05, 0) is 24.6 Å². The van der Waals surface area contributed by atoms with Gasteiger partial charge in [-0.3, -0.25) is 9.59 Å². The number of hydrogen-bond donors (Lipinski definition) is 1. The minimum atomic E-state index is -0.373. The lowest BCUT2D eigenvalue weighted by Crippen LogP contribution is -2.17. The van der Waals surface area contributed by atoms with E-state index >= 15 is 0 Å². The molecule has 3 rings (SSSR count). The van der Waals surface area contributed by atoms with Gasteiger partial charge in [-0.15, -0.1) is 11.3 Å². The molecule has 0 saturated heterocycles. The molecule has 0 aliphatic heterocycles. The second-order valence-corrected chi connectivity index (χ2v) is 6.76. The first-order valence-corrected chi connectivity index (χ1v) is 8.17. The summed E-state index contributed by atoms with van der Waals surface area (Å²) in [5, 5.41) is 3.85. The van der Waals surface area contributed by atoms with E-state index in [4.69, 9.17) is 23.2 Å². The number of carbonyl (C=O) groups is 1. The van der Waals surface area contributed by atoms with Crippen molar-refractivity contribution in [1.29, 1.82) is 0 Å². The molecule has 118 valence electrons. The first kappa shape index (κ1) is 16.0. The largest absolute Gasteiger partial charge is 0.319 e. The Bertz CT molecular complexity index is 974. The molecule has 23 heavy (non-hydrogen) atoms. The highest BCUT2D eigenvalue weighted by molar-refractivity contribution is 7.20. The molecule has 5 nitrogen and oxygen atoms in total. The highest BCUT2D eigenvalue weighted by Gasteiger charge is 2.20. The van der Waals surface area contributed by atoms with E-state index < -0.39 is 0 Å². The summed E-state index contributed by atoms with van der Waals surface area (Å²) in [4.78, 5) is 29.9. The molecular weight excluding hydrogens is 357 g/mol. The van der Waals surface area contributed by atoms with Crippen molar-refractivity contribution in [3.05, 3.63) is 55.4 Å². The summed E-state index contributed by atoms with van der Waals surface area (Å²) in [6, 6.07) is 4.97. The zero-order valence-electron chi connectivity index (χ0n) is 12.2. The summed E-state index contributed by atoms with van der Waals surface area (Å²) in [6.45, 7) is 1.73. The predicted molar refractivity (Wildman–Crippen MR) is 94.0 cm³/mol. The van der Waals surface area contributed by atoms with Crippen LogP contribution >= 0.6 is 34.5 Å². The van der Waals surface area contributed by atoms with Gasteiger partial charge >= 0.3 is 0 Å². The monoisotopic (exact) mass is 367 g/mol. The van der Waals surface area contributed by atoms with Crippen LogP contribution in [0.25, 0.3) is 10.2 Å². The van der Waals surface area contributed by atoms with Gasteiger partial charge in [-0.1, -0.05) is 29.3 Å². The standard InChI is InChI=1S/C15H11Cl2N3O2S/c1-7-10-14(18-6-20(2)15(10)22)23-12(7)13(21)19-11-8(16)4-3-5-9(11)17/h3-6H,1-2H3,(H,19,21). The number of rotatable bonds is 2. The number of benzene rings is 1. The van der Waals surface area contributed by atoms with E-state index in [0.717, 1.165) is 11.3 Å². The number of amides is 1. The molecule has 0 saturated carbocycles. The predicted octanol–water partition coefficient (Wildman–Crippen LogP) is 3.86. The molecule has 8 heteroatoms. The molecule has 0 atom stereocenters. The highest BCUT2D eigenvalue weighted by atomic mass is 35.5. The Hall–Kier alpha value is -1.89. The van der Waals surface area contributed by atoms with Crippen molar-refractivity contribution in [2.24, 2.45) is 7.05 Å². The van der Waals surface area contributed by atoms with Crippen molar-refractivity contribution < 1.29 is 4.79 Å². The molecule has 0 aliphatic rings. The van der Waals surface area contributed by atoms with E-state index in [0.29, 0.717) is 36.4 Å². The van der Waals surface area contributed by atoms with Crippen LogP contribution in [0.3, 0.4) is 0 Å². The Morgan fingerprint density at radius 2 is 1.96 bits per heavy atom. The van der Waals surface area contributed by atoms with Gasteiger partial charge in [0.25, 0.3) is 11.5 Å². The third-order valence-corrected chi connectivity index (χ3v) is 5.25. The molecule has 1 N–H and O–H groups in total. The second-order valence-electron chi connectivity index (χ2n) is 4.95. The molecule has 0 spiro atoms. The fraction of sp³-hybridized carbons (Fsp3) is 0.133. The van der Waals surface area contributed by atoms with Crippen LogP contribution in [0.4, 0.5) is 5.69 Å². The topological polar surface area (TPSA) is 64.0 Å². The maximum atomic E-state index is 12.6. The van der Waals surface area contributed by atoms with Crippen molar-refractivity contribution in [2.45, 2.75) is 6.92 Å². The molecule has 0 unspecified atom stereocenters. The number of thiophene rings is 1. The average molecular weight is 368 g/mol. The van der Waals surface area contributed by atoms with E-state index in [1.165, 1.54) is 10.9 Å². The number of hydrogen-bond acceptors (Lipinski definition) is 4. The second kappa shape index (κ2) is 5.96. The Labute approximate surface area is 145 Å². The van der Waals surface area contributed by atoms with E-state index in [-0.39, 0.29) is 11.5 Å². The lowest BCUT2D eigenvalue weighted by atomic mass is 10.2. The molecule has 1 aromatic carbocycles. The molecule has 2 aromatic heterocycles. The van der Waals surface area contributed by atoms with Gasteiger partial charge in [0.05, 0.1) is 32.3 Å². The molecule has 0 bridgehead atoms. The summed E-state index contributed by atoms with van der Waals surface area (Å²) in [6.07, 6.45) is 1.44. The minimum absolute atomic E-state index is 0.182. The van der Waals surface area contributed by atoms with Gasteiger partial charge in [-0.2, -0.15) is 0 Å². The summed E-state index contributed by atoms with van der Waals surface area (Å²) in [5.74, 6) is -0.373. The average Bonchev–Trinajstić information content (AvgIpc) is 2.84. The van der Waals surface area contributed by atoms with Crippen molar-refractivity contribution in [1.82, 2.24) is 9.55 Å². The quantitative estimate of drug-likeness (QED) is 0.747. The Balaban J connectivity index is 2.07. The third-order valence-electron chi connectivity index (χ3n) is 3.42. The number of halogens is 2. The molecule has 2 heterocycles. The molecule has 0 fully saturated rings. The number of nitrogens with one attached hydrogen (secondary N) is 1. The SMILES string of the molecule is Cc1c(C(=O)Nc2c(Cl)cccc2Cl)sc2ncn(C)c(=O)c12. The Morgan fingerprint density at radius 1 is 1.30 bits per heavy atom. The summed E-state index contributed by atoms with van der Waals surface area (Å²) in [5.41, 5.74) is 0.761. The van der Waals surface area contributed by atoms with E-state index in [9.17, 15) is 9.59 Å². The van der Waals surface area contributed by atoms with Gasteiger partial charge < -0.3 is 9.88 Å². The number of para-hydroxylation sites is 1. The number of aryl methyl sites for hydroxylation is 2. The number of carbonyl (C=O) groups excluding carboxylic acids is 1. The van der Waals surface area contributed by atoms with Crippen LogP contribution in [-0.2, 0) is 7.05 Å². The Morgan fingerprint density at radius 3 is 2.61 bits per heavy atom. The Kier molecular flexibility index (Phi) is 4.14. The number of anilines is 1. The first-order valence-electron chi connectivity index (χ1n) is 6.60. The van der Waals surface area contributed by atoms with Crippen molar-refractivity contribution in [3.63, 3.8) is 0 Å². The lowest BCUT2D eigenvalue weighted by Gasteiger charge is -2.08. The van der Waals surface area contributed by atoms with Crippen LogP contribution in [0, 0.1) is 6.92 Å². The zero-order valence-corrected chi connectivity index (χ0v) is 14.5. The van der Waals surface area contributed by atoms with Crippen molar-refractivity contribution in [3.8, 4) is 0 Å². The summed E-state index contributed by atoms with van der Waals surface area (Å²) >= 11 is 13.3. The van der Waals surface area contributed by atoms with E-state index in [1.807, 2.05) is 0 Å². The number of nitrogens with zero attached hydrogens (tertiary/aromatic N) is 2. The fourth-order valence-corrected chi connectivity index (χ4v) is 3.74. The minimum Gasteiger partial charge on any atom is -0.319 e. The van der Waals surface area contributed by atoms with Gasteiger partial charge in [0.15, 0.2) is 0 Å². The molecule has 0 aliphatic carbocycles. The van der Waals surface area contributed by atoms with Gasteiger partial charge in [0.1, 0.15) is 4.83 Å². The third kappa shape index (κ3) is 2.73. The fourth-order valence-electron chi connectivity index (χ4n) is 2.21. The smallest absolute Gasteiger partial charge is 0.266 e. The number of fused-ring (bicyclic) bond motifs is 1. The zero-order chi connectivity index (χ0) is 16.7. The van der Waals surface area contributed by atoms with Crippen LogP contribution in [-0.4, -0.2) is 15.5 Å². The molecule has 1 amide bonds. The number of aromatic nitrogens is 2. The van der Waals surface area contributed by atoms with E-state index in [1.54, 1.807) is 32.2 Å². The van der Waals surface area contributed by atoms with Gasteiger partial charge in [0.2, 0.25) is 0 Å². The summed E-state index contributed by atoms with van der Waals surface area (Å²) < 4.78 is 1.38. The molecule has 0 radical (unpaired) electrons. The molecular formula is C15H11Cl2N3O2S. The van der Waals surface area contributed by atoms with Crippen LogP contribution in [0.2, 0.25) is 10.0 Å².